The van der Waals surface area contributed by atoms with Gasteiger partial charge in [0, 0.05) is 43.5 Å². The molecule has 17 unspecified atom stereocenters. The molecule has 0 aromatic carbocycles. The lowest BCUT2D eigenvalue weighted by atomic mass is 9.36. The molecular weight excluding hydrogens is 674 g/mol. The van der Waals surface area contributed by atoms with Gasteiger partial charge in [-0.1, -0.05) is 32.1 Å². The van der Waals surface area contributed by atoms with Crippen molar-refractivity contribution in [3.8, 4) is 11.8 Å². The Kier molecular flexibility index (Phi) is 9.00. The third kappa shape index (κ3) is 5.13. The van der Waals surface area contributed by atoms with E-state index in [-0.39, 0.29) is 80.0 Å². The molecule has 6 bridgehead atoms. The fourth-order valence-corrected chi connectivity index (χ4v) is 12.9. The molecule has 11 nitrogen and oxygen atoms in total. The number of nitrogens with two attached hydrogens (primary N) is 1. The highest BCUT2D eigenvalue weighted by molar-refractivity contribution is 6.03. The normalized spacial score (nSPS) is 49.1. The second-order valence-corrected chi connectivity index (χ2v) is 18.5. The number of hydrogen-bond donors (Lipinski definition) is 9. The first-order valence-electron chi connectivity index (χ1n) is 19.9. The van der Waals surface area contributed by atoms with Crippen LogP contribution in [0.1, 0.15) is 79.1 Å². The molecule has 0 radical (unpaired) electrons. The van der Waals surface area contributed by atoms with E-state index in [2.05, 4.69) is 41.6 Å². The summed E-state index contributed by atoms with van der Waals surface area (Å²) in [6.45, 7) is 8.00. The van der Waals surface area contributed by atoms with E-state index in [1.165, 1.54) is 0 Å². The number of rotatable bonds is 7. The smallest absolute Gasteiger partial charge is 0.186 e. The van der Waals surface area contributed by atoms with Crippen LogP contribution >= 0.6 is 0 Å². The van der Waals surface area contributed by atoms with Crippen molar-refractivity contribution in [3.05, 3.63) is 47.3 Å². The molecule has 9 rings (SSSR count). The summed E-state index contributed by atoms with van der Waals surface area (Å²) in [5, 5.41) is 78.6. The topological polar surface area (TPSA) is 198 Å². The minimum Gasteiger partial charge on any atom is -0.392 e. The lowest BCUT2D eigenvalue weighted by Gasteiger charge is -2.68. The largest absolute Gasteiger partial charge is 0.392 e. The van der Waals surface area contributed by atoms with Crippen molar-refractivity contribution in [2.24, 2.45) is 57.5 Å². The number of fused-ring (bicyclic) bond motifs is 3. The molecule has 4 fully saturated rings. The summed E-state index contributed by atoms with van der Waals surface area (Å²) >= 11 is 0. The van der Waals surface area contributed by atoms with E-state index < -0.39 is 69.8 Å². The quantitative estimate of drug-likeness (QED) is 0.136. The molecule has 1 saturated heterocycles. The SMILES string of the molecule is CC(O)CNC1=C2C3C4C=CC(C5=CNC(N)C=C5)CC35CC(O)C(O)CC5(CC#CCC3(C4)C(C(C)(O)C(O)C4OCC(C)C4C)CCC23O)C1=O. The Morgan fingerprint density at radius 3 is 2.49 bits per heavy atom. The Balaban J connectivity index is 1.37. The van der Waals surface area contributed by atoms with Crippen molar-refractivity contribution >= 4 is 5.78 Å². The summed E-state index contributed by atoms with van der Waals surface area (Å²) in [5.74, 6) is 5.34. The minimum atomic E-state index is -1.68. The molecule has 0 aromatic heterocycles. The van der Waals surface area contributed by atoms with E-state index in [1.54, 1.807) is 13.8 Å². The number of Topliss-reactive ketones (excluding diaryl/α,β-unsaturated/α-hetero) is 1. The van der Waals surface area contributed by atoms with Crippen molar-refractivity contribution in [2.45, 2.75) is 127 Å². The number of aliphatic hydroxyl groups excluding tert-OH is 4. The van der Waals surface area contributed by atoms with Gasteiger partial charge in [-0.3, -0.25) is 4.79 Å². The second-order valence-electron chi connectivity index (χ2n) is 18.5. The average molecular weight is 734 g/mol. The molecule has 9 aliphatic rings. The first kappa shape index (κ1) is 37.4. The van der Waals surface area contributed by atoms with Gasteiger partial charge < -0.3 is 51.7 Å². The minimum absolute atomic E-state index is 0.0127. The summed E-state index contributed by atoms with van der Waals surface area (Å²) in [6.07, 6.45) is 7.17. The molecule has 53 heavy (non-hydrogen) atoms. The van der Waals surface area contributed by atoms with Crippen molar-refractivity contribution in [3.63, 3.8) is 0 Å². The Bertz CT molecular complexity index is 1710. The van der Waals surface area contributed by atoms with Crippen molar-refractivity contribution < 1.29 is 40.2 Å². The van der Waals surface area contributed by atoms with E-state index in [1.807, 2.05) is 25.3 Å². The molecule has 3 saturated carbocycles. The van der Waals surface area contributed by atoms with Crippen LogP contribution < -0.4 is 16.4 Å². The van der Waals surface area contributed by atoms with E-state index in [0.717, 1.165) is 5.57 Å². The molecule has 7 aliphatic carbocycles. The lowest BCUT2D eigenvalue weighted by molar-refractivity contribution is -0.215. The number of hydrogen-bond acceptors (Lipinski definition) is 11. The van der Waals surface area contributed by atoms with Gasteiger partial charge in [-0.15, -0.1) is 11.8 Å². The Hall–Kier alpha value is -2.53. The number of dihydropyridines is 1. The zero-order valence-corrected chi connectivity index (χ0v) is 31.5. The van der Waals surface area contributed by atoms with E-state index in [4.69, 9.17) is 10.5 Å². The summed E-state index contributed by atoms with van der Waals surface area (Å²) < 4.78 is 6.11. The van der Waals surface area contributed by atoms with Crippen LogP contribution in [0, 0.1) is 63.6 Å². The van der Waals surface area contributed by atoms with Gasteiger partial charge in [-0.05, 0) is 105 Å². The molecule has 0 aromatic rings. The van der Waals surface area contributed by atoms with Crippen molar-refractivity contribution in [1.29, 1.82) is 0 Å². The summed E-state index contributed by atoms with van der Waals surface area (Å²) in [7, 11) is 0. The number of nitrogens with one attached hydrogen (secondary N) is 2. The van der Waals surface area contributed by atoms with Crippen LogP contribution in [0.3, 0.4) is 0 Å². The Morgan fingerprint density at radius 2 is 1.81 bits per heavy atom. The van der Waals surface area contributed by atoms with Crippen LogP contribution in [0.25, 0.3) is 0 Å². The molecule has 17 atom stereocenters. The third-order valence-electron chi connectivity index (χ3n) is 15.7. The van der Waals surface area contributed by atoms with Crippen LogP contribution in [0.5, 0.6) is 0 Å². The molecule has 2 heterocycles. The van der Waals surface area contributed by atoms with Gasteiger partial charge in [0.25, 0.3) is 0 Å². The third-order valence-corrected chi connectivity index (χ3v) is 15.7. The number of ketones is 1. The zero-order valence-electron chi connectivity index (χ0n) is 31.5. The van der Waals surface area contributed by atoms with Crippen LogP contribution in [-0.2, 0) is 9.53 Å². The lowest BCUT2D eigenvalue weighted by Crippen LogP contribution is -2.71. The maximum absolute atomic E-state index is 15.7. The average Bonchev–Trinajstić information content (AvgIpc) is 3.55. The summed E-state index contributed by atoms with van der Waals surface area (Å²) in [6, 6.07) is 0. The predicted molar refractivity (Wildman–Crippen MR) is 197 cm³/mol. The Morgan fingerprint density at radius 1 is 1.08 bits per heavy atom. The highest BCUT2D eigenvalue weighted by atomic mass is 16.5. The fourth-order valence-electron chi connectivity index (χ4n) is 12.9. The maximum atomic E-state index is 15.7. The van der Waals surface area contributed by atoms with E-state index in [0.29, 0.717) is 31.4 Å². The number of carbonyl (C=O) groups excluding carboxylic acids is 1. The first-order valence-corrected chi connectivity index (χ1v) is 19.9. The first-order chi connectivity index (χ1) is 25.0. The molecule has 290 valence electrons. The number of allylic oxidation sites excluding steroid dienone is 5. The molecule has 3 spiro atoms. The van der Waals surface area contributed by atoms with E-state index >= 15 is 4.79 Å². The van der Waals surface area contributed by atoms with Crippen molar-refractivity contribution in [1.82, 2.24) is 10.6 Å². The second kappa shape index (κ2) is 12.8. The van der Waals surface area contributed by atoms with Crippen LogP contribution in [0.15, 0.2) is 47.3 Å². The molecule has 10 N–H and O–H groups in total. The molecule has 2 aliphatic heterocycles. The maximum Gasteiger partial charge on any atom is 0.186 e. The fraction of sp³-hybridized carbons (Fsp3) is 0.738. The van der Waals surface area contributed by atoms with Gasteiger partial charge >= 0.3 is 0 Å². The van der Waals surface area contributed by atoms with Gasteiger partial charge in [0.05, 0.1) is 52.9 Å². The monoisotopic (exact) mass is 733 g/mol. The summed E-state index contributed by atoms with van der Waals surface area (Å²) in [4.78, 5) is 15.7. The van der Waals surface area contributed by atoms with Crippen LogP contribution in [0.2, 0.25) is 0 Å². The zero-order chi connectivity index (χ0) is 37.9. The molecule has 0 amide bonds. The van der Waals surface area contributed by atoms with Gasteiger partial charge in [0.1, 0.15) is 6.10 Å². The number of ether oxygens (including phenoxy) is 1. The van der Waals surface area contributed by atoms with Gasteiger partial charge in [0.15, 0.2) is 5.78 Å². The van der Waals surface area contributed by atoms with Crippen LogP contribution in [-0.4, -0.2) is 97.5 Å². The number of carbonyl (C=O) groups is 1. The Labute approximate surface area is 312 Å². The van der Waals surface area contributed by atoms with E-state index in [9.17, 15) is 30.6 Å². The standard InChI is InChI=1S/C42H59N3O8/c1-22-21-53-35(24(22)3)37(50)38(4,51)30-11-14-42(52)33-32-26-8-7-25(27-9-10-31(43)44-20-27)15-41(32)18-29(48)28(47)17-40(41,13-6-5-12-39(30,42)16-26)36(49)34(33)45-19-23(2)46/h7-10,20,22-26,28-32,35,37,44-48,50-52H,11-19,21,43H2,1-4H3. The highest BCUT2D eigenvalue weighted by Crippen LogP contribution is 2.76. The highest BCUT2D eigenvalue weighted by Gasteiger charge is 2.77. The summed E-state index contributed by atoms with van der Waals surface area (Å²) in [5.41, 5.74) is 1.50. The van der Waals surface area contributed by atoms with Crippen molar-refractivity contribution in [2.75, 3.05) is 13.2 Å². The van der Waals surface area contributed by atoms with Gasteiger partial charge in [0.2, 0.25) is 0 Å². The molecular formula is C42H59N3O8. The van der Waals surface area contributed by atoms with Crippen LogP contribution in [0.4, 0.5) is 0 Å². The van der Waals surface area contributed by atoms with Gasteiger partial charge in [-0.25, -0.2) is 0 Å². The number of aliphatic hydroxyl groups is 6. The van der Waals surface area contributed by atoms with Gasteiger partial charge in [-0.2, -0.15) is 0 Å². The molecule has 11 heteroatoms. The predicted octanol–water partition coefficient (Wildman–Crippen LogP) is 1.53.